The Labute approximate surface area is 196 Å². The van der Waals surface area contributed by atoms with Crippen molar-refractivity contribution < 1.29 is 18.0 Å². The maximum atomic E-state index is 13.0. The highest BCUT2D eigenvalue weighted by molar-refractivity contribution is 7.15. The van der Waals surface area contributed by atoms with Crippen LogP contribution >= 0.6 is 11.3 Å². The molecule has 0 aliphatic heterocycles. The summed E-state index contributed by atoms with van der Waals surface area (Å²) in [4.78, 5) is 25.2. The van der Waals surface area contributed by atoms with E-state index in [0.717, 1.165) is 33.2 Å². The molecule has 0 spiro atoms. The fourth-order valence-electron chi connectivity index (χ4n) is 3.31. The maximum Gasteiger partial charge on any atom is 0.451 e. The van der Waals surface area contributed by atoms with Gasteiger partial charge in [0.1, 0.15) is 5.01 Å². The number of fused-ring (bicyclic) bond motifs is 1. The van der Waals surface area contributed by atoms with Crippen LogP contribution in [0.2, 0.25) is 0 Å². The molecule has 1 N–H and O–H groups in total. The molecule has 4 aromatic rings. The van der Waals surface area contributed by atoms with Crippen molar-refractivity contribution >= 4 is 28.1 Å². The molecule has 0 aliphatic carbocycles. The van der Waals surface area contributed by atoms with Crippen molar-refractivity contribution in [2.75, 3.05) is 0 Å². The van der Waals surface area contributed by atoms with Crippen LogP contribution in [0.3, 0.4) is 0 Å². The van der Waals surface area contributed by atoms with Crippen molar-refractivity contribution in [3.05, 3.63) is 58.7 Å². The van der Waals surface area contributed by atoms with Crippen LogP contribution in [-0.2, 0) is 12.7 Å². The van der Waals surface area contributed by atoms with Crippen LogP contribution in [0.5, 0.6) is 0 Å². The largest absolute Gasteiger partial charge is 0.451 e. The second-order valence-electron chi connectivity index (χ2n) is 7.57. The Morgan fingerprint density at radius 1 is 1.24 bits per heavy atom. The average molecular weight is 485 g/mol. The lowest BCUT2D eigenvalue weighted by molar-refractivity contribution is -0.145. The van der Waals surface area contributed by atoms with E-state index in [4.69, 9.17) is 5.26 Å². The monoisotopic (exact) mass is 485 g/mol. The number of nitrogens with one attached hydrogen (secondary N) is 1. The van der Waals surface area contributed by atoms with Crippen molar-refractivity contribution in [3.63, 3.8) is 0 Å². The molecule has 34 heavy (non-hydrogen) atoms. The molecule has 0 saturated heterocycles. The zero-order valence-electron chi connectivity index (χ0n) is 18.1. The van der Waals surface area contributed by atoms with E-state index in [9.17, 15) is 18.0 Å². The van der Waals surface area contributed by atoms with Crippen LogP contribution in [0.15, 0.2) is 36.9 Å². The molecule has 0 radical (unpaired) electrons. The number of thiazole rings is 1. The third-order valence-electron chi connectivity index (χ3n) is 5.01. The van der Waals surface area contributed by atoms with E-state index < -0.39 is 23.9 Å². The van der Waals surface area contributed by atoms with Gasteiger partial charge in [0.25, 0.3) is 5.91 Å². The Hall–Kier alpha value is -3.85. The van der Waals surface area contributed by atoms with Gasteiger partial charge in [-0.3, -0.25) is 9.48 Å². The number of halogens is 3. The standard InChI is InChI=1S/C22H18F3N7OS/c1-12-8-27-20(34-12)16-6-14(7-18-17(16)11-32(31-18)5-3-4-26)19(33)30-13(2)15-9-28-21(29-10-15)22(23,24)25/h6-11,13H,3,5H2,1-2H3,(H,30,33). The summed E-state index contributed by atoms with van der Waals surface area (Å²) in [5.41, 5.74) is 1.95. The molecular formula is C22H18F3N7OS. The summed E-state index contributed by atoms with van der Waals surface area (Å²) < 4.78 is 39.8. The lowest BCUT2D eigenvalue weighted by atomic mass is 10.1. The predicted octanol–water partition coefficient (Wildman–Crippen LogP) is 4.68. The molecule has 3 aromatic heterocycles. The van der Waals surface area contributed by atoms with Crippen LogP contribution in [-0.4, -0.2) is 30.6 Å². The molecule has 0 saturated carbocycles. The molecule has 1 unspecified atom stereocenters. The first-order valence-electron chi connectivity index (χ1n) is 10.2. The molecular weight excluding hydrogens is 467 g/mol. The van der Waals surface area contributed by atoms with Crippen molar-refractivity contribution in [1.82, 2.24) is 30.0 Å². The number of nitrogens with zero attached hydrogens (tertiary/aromatic N) is 6. The summed E-state index contributed by atoms with van der Waals surface area (Å²) in [5, 5.41) is 17.7. The molecule has 0 aliphatic rings. The number of alkyl halides is 3. The second kappa shape index (κ2) is 9.18. The number of amides is 1. The summed E-state index contributed by atoms with van der Waals surface area (Å²) >= 11 is 1.48. The zero-order valence-corrected chi connectivity index (χ0v) is 18.9. The molecule has 174 valence electrons. The van der Waals surface area contributed by atoms with Gasteiger partial charge in [-0.2, -0.15) is 23.5 Å². The highest BCUT2D eigenvalue weighted by atomic mass is 32.1. The minimum atomic E-state index is -4.64. The molecule has 12 heteroatoms. The van der Waals surface area contributed by atoms with Crippen LogP contribution < -0.4 is 5.32 Å². The first kappa shape index (κ1) is 23.3. The number of hydrogen-bond acceptors (Lipinski definition) is 7. The molecule has 4 rings (SSSR count). The number of nitriles is 1. The summed E-state index contributed by atoms with van der Waals surface area (Å²) in [6, 6.07) is 4.79. The fraction of sp³-hybridized carbons (Fsp3) is 0.273. The number of hydrogen-bond donors (Lipinski definition) is 1. The topological polar surface area (TPSA) is 109 Å². The van der Waals surface area contributed by atoms with E-state index in [1.54, 1.807) is 29.9 Å². The number of rotatable bonds is 6. The van der Waals surface area contributed by atoms with Gasteiger partial charge in [-0.25, -0.2) is 15.0 Å². The summed E-state index contributed by atoms with van der Waals surface area (Å²) in [5.74, 6) is -1.68. The highest BCUT2D eigenvalue weighted by Gasteiger charge is 2.34. The maximum absolute atomic E-state index is 13.0. The Morgan fingerprint density at radius 3 is 2.59 bits per heavy atom. The van der Waals surface area contributed by atoms with Gasteiger partial charge >= 0.3 is 6.18 Å². The molecule has 0 fully saturated rings. The van der Waals surface area contributed by atoms with E-state index in [-0.39, 0.29) is 0 Å². The van der Waals surface area contributed by atoms with Crippen LogP contribution in [0.4, 0.5) is 13.2 Å². The van der Waals surface area contributed by atoms with Crippen molar-refractivity contribution in [2.24, 2.45) is 0 Å². The lowest BCUT2D eigenvalue weighted by Gasteiger charge is -2.15. The average Bonchev–Trinajstić information content (AvgIpc) is 3.42. The Bertz CT molecular complexity index is 1390. The van der Waals surface area contributed by atoms with Gasteiger partial charge in [0.2, 0.25) is 5.82 Å². The first-order chi connectivity index (χ1) is 16.2. The molecule has 8 nitrogen and oxygen atoms in total. The van der Waals surface area contributed by atoms with E-state index in [2.05, 4.69) is 31.4 Å². The third-order valence-corrected chi connectivity index (χ3v) is 5.96. The fourth-order valence-corrected chi connectivity index (χ4v) is 4.10. The first-order valence-corrected chi connectivity index (χ1v) is 11.0. The second-order valence-corrected chi connectivity index (χ2v) is 8.80. The van der Waals surface area contributed by atoms with Gasteiger partial charge in [0.15, 0.2) is 0 Å². The molecule has 1 atom stereocenters. The van der Waals surface area contributed by atoms with Gasteiger partial charge in [-0.05, 0) is 26.0 Å². The van der Waals surface area contributed by atoms with E-state index >= 15 is 0 Å². The minimum Gasteiger partial charge on any atom is -0.345 e. The molecule has 0 bridgehead atoms. The SMILES string of the molecule is Cc1cnc(-c2cc(C(=O)NC(C)c3cnc(C(F)(F)F)nc3)cc3nn(CCC#N)cc23)s1. The zero-order chi connectivity index (χ0) is 24.5. The van der Waals surface area contributed by atoms with E-state index in [0.29, 0.717) is 29.6 Å². The van der Waals surface area contributed by atoms with Gasteiger partial charge in [0, 0.05) is 51.7 Å². The molecule has 1 aromatic carbocycles. The summed E-state index contributed by atoms with van der Waals surface area (Å²) in [6.07, 6.45) is 1.31. The van der Waals surface area contributed by atoms with Gasteiger partial charge < -0.3 is 5.32 Å². The predicted molar refractivity (Wildman–Crippen MR) is 119 cm³/mol. The van der Waals surface area contributed by atoms with Gasteiger partial charge in [0.05, 0.1) is 30.6 Å². The highest BCUT2D eigenvalue weighted by Crippen LogP contribution is 2.33. The number of carbonyl (C=O) groups is 1. The third kappa shape index (κ3) is 4.89. The Morgan fingerprint density at radius 2 is 1.97 bits per heavy atom. The van der Waals surface area contributed by atoms with E-state index in [1.807, 2.05) is 13.1 Å². The molecule has 3 heterocycles. The van der Waals surface area contributed by atoms with Crippen LogP contribution in [0.1, 0.15) is 46.0 Å². The Kier molecular flexibility index (Phi) is 6.30. The van der Waals surface area contributed by atoms with Gasteiger partial charge in [-0.1, -0.05) is 0 Å². The van der Waals surface area contributed by atoms with Crippen LogP contribution in [0, 0.1) is 18.3 Å². The summed E-state index contributed by atoms with van der Waals surface area (Å²) in [7, 11) is 0. The quantitative estimate of drug-likeness (QED) is 0.425. The van der Waals surface area contributed by atoms with Gasteiger partial charge in [-0.15, -0.1) is 11.3 Å². The molecule has 1 amide bonds. The van der Waals surface area contributed by atoms with Crippen LogP contribution in [0.25, 0.3) is 21.5 Å². The van der Waals surface area contributed by atoms with Crippen molar-refractivity contribution in [2.45, 2.75) is 39.0 Å². The lowest BCUT2D eigenvalue weighted by Crippen LogP contribution is -2.27. The number of aryl methyl sites for hydroxylation is 2. The Balaban J connectivity index is 1.65. The summed E-state index contributed by atoms with van der Waals surface area (Å²) in [6.45, 7) is 3.97. The minimum absolute atomic E-state index is 0.291. The van der Waals surface area contributed by atoms with E-state index in [1.165, 1.54) is 11.3 Å². The number of benzene rings is 1. The normalized spacial score (nSPS) is 12.5. The smallest absolute Gasteiger partial charge is 0.345 e. The number of carbonyl (C=O) groups excluding carboxylic acids is 1. The van der Waals surface area contributed by atoms with Crippen molar-refractivity contribution in [1.29, 1.82) is 5.26 Å². The number of aromatic nitrogens is 5. The van der Waals surface area contributed by atoms with Crippen molar-refractivity contribution in [3.8, 4) is 16.6 Å².